The summed E-state index contributed by atoms with van der Waals surface area (Å²) in [4.78, 5) is 13.2. The molecule has 0 aromatic carbocycles. The zero-order valence-corrected chi connectivity index (χ0v) is 10.1. The number of piperidine rings is 1. The largest absolute Gasteiger partial charge is 0.453 e. The minimum atomic E-state index is -0.185. The van der Waals surface area contributed by atoms with Crippen LogP contribution in [-0.4, -0.2) is 43.8 Å². The van der Waals surface area contributed by atoms with Crippen molar-refractivity contribution >= 4 is 6.09 Å². The Morgan fingerprint density at radius 1 is 1.38 bits per heavy atom. The van der Waals surface area contributed by atoms with Gasteiger partial charge in [-0.3, -0.25) is 0 Å². The van der Waals surface area contributed by atoms with Gasteiger partial charge in [0.1, 0.15) is 0 Å². The van der Waals surface area contributed by atoms with Gasteiger partial charge in [0.05, 0.1) is 7.11 Å². The first kappa shape index (κ1) is 11.7. The van der Waals surface area contributed by atoms with Crippen LogP contribution < -0.4 is 5.32 Å². The Kier molecular flexibility index (Phi) is 4.04. The highest BCUT2D eigenvalue weighted by Crippen LogP contribution is 2.25. The molecule has 0 spiro atoms. The fourth-order valence-corrected chi connectivity index (χ4v) is 2.47. The van der Waals surface area contributed by atoms with E-state index in [0.29, 0.717) is 6.04 Å². The highest BCUT2D eigenvalue weighted by atomic mass is 16.5. The number of carbonyl (C=O) groups is 1. The second kappa shape index (κ2) is 5.53. The van der Waals surface area contributed by atoms with Crippen LogP contribution in [0.15, 0.2) is 0 Å². The molecule has 2 aliphatic rings. The molecule has 1 aliphatic heterocycles. The van der Waals surface area contributed by atoms with Gasteiger partial charge in [0.15, 0.2) is 0 Å². The van der Waals surface area contributed by atoms with Gasteiger partial charge in [-0.25, -0.2) is 4.79 Å². The summed E-state index contributed by atoms with van der Waals surface area (Å²) in [7, 11) is 1.45. The Morgan fingerprint density at radius 2 is 2.19 bits per heavy atom. The quantitative estimate of drug-likeness (QED) is 0.795. The maximum Gasteiger partial charge on any atom is 0.409 e. The van der Waals surface area contributed by atoms with Crippen LogP contribution >= 0.6 is 0 Å². The number of likely N-dealkylation sites (tertiary alicyclic amines) is 1. The molecule has 16 heavy (non-hydrogen) atoms. The van der Waals surface area contributed by atoms with E-state index in [1.54, 1.807) is 0 Å². The Hall–Kier alpha value is -0.770. The van der Waals surface area contributed by atoms with Crippen LogP contribution in [-0.2, 0) is 4.74 Å². The Bertz CT molecular complexity index is 241. The molecule has 1 saturated carbocycles. The monoisotopic (exact) mass is 226 g/mol. The molecule has 4 nitrogen and oxygen atoms in total. The van der Waals surface area contributed by atoms with Gasteiger partial charge in [-0.1, -0.05) is 6.42 Å². The molecule has 4 heteroatoms. The summed E-state index contributed by atoms with van der Waals surface area (Å²) in [5.74, 6) is 0.883. The predicted molar refractivity (Wildman–Crippen MR) is 62.3 cm³/mol. The molecule has 0 aromatic rings. The van der Waals surface area contributed by atoms with Crippen LogP contribution in [0, 0.1) is 5.92 Å². The third kappa shape index (κ3) is 2.88. The van der Waals surface area contributed by atoms with Gasteiger partial charge >= 0.3 is 6.09 Å². The van der Waals surface area contributed by atoms with Crippen molar-refractivity contribution in [1.29, 1.82) is 0 Å². The van der Waals surface area contributed by atoms with Crippen molar-refractivity contribution in [3.8, 4) is 0 Å². The SMILES string of the molecule is COC(=O)N1CCCC(NCC2CCC2)C1. The number of hydrogen-bond acceptors (Lipinski definition) is 3. The summed E-state index contributed by atoms with van der Waals surface area (Å²) in [5.41, 5.74) is 0. The molecule has 1 aliphatic carbocycles. The molecule has 2 rings (SSSR count). The molecule has 1 heterocycles. The van der Waals surface area contributed by atoms with E-state index in [1.807, 2.05) is 4.90 Å². The number of nitrogens with one attached hydrogen (secondary N) is 1. The zero-order chi connectivity index (χ0) is 11.4. The van der Waals surface area contributed by atoms with E-state index in [2.05, 4.69) is 5.32 Å². The maximum atomic E-state index is 11.4. The topological polar surface area (TPSA) is 41.6 Å². The average molecular weight is 226 g/mol. The maximum absolute atomic E-state index is 11.4. The molecular weight excluding hydrogens is 204 g/mol. The Morgan fingerprint density at radius 3 is 2.81 bits per heavy atom. The number of hydrogen-bond donors (Lipinski definition) is 1. The first-order chi connectivity index (χ1) is 7.79. The van der Waals surface area contributed by atoms with Crippen LogP contribution in [0.1, 0.15) is 32.1 Å². The molecule has 1 saturated heterocycles. The van der Waals surface area contributed by atoms with Crippen LogP contribution in [0.25, 0.3) is 0 Å². The van der Waals surface area contributed by atoms with E-state index in [0.717, 1.165) is 32.0 Å². The molecule has 1 atom stereocenters. The van der Waals surface area contributed by atoms with E-state index in [4.69, 9.17) is 4.74 Å². The number of nitrogens with zero attached hydrogens (tertiary/aromatic N) is 1. The smallest absolute Gasteiger partial charge is 0.409 e. The number of carbonyl (C=O) groups excluding carboxylic acids is 1. The summed E-state index contributed by atoms with van der Waals surface area (Å²) in [6.07, 6.45) is 6.22. The van der Waals surface area contributed by atoms with Gasteiger partial charge in [-0.05, 0) is 38.1 Å². The molecule has 1 amide bonds. The minimum absolute atomic E-state index is 0.185. The number of methoxy groups -OCH3 is 1. The van der Waals surface area contributed by atoms with Gasteiger partial charge in [-0.2, -0.15) is 0 Å². The summed E-state index contributed by atoms with van der Waals surface area (Å²) in [5, 5.41) is 3.58. The third-order valence-electron chi connectivity index (χ3n) is 3.77. The summed E-state index contributed by atoms with van der Waals surface area (Å²) < 4.78 is 4.76. The molecule has 0 bridgehead atoms. The predicted octanol–water partition coefficient (Wildman–Crippen LogP) is 1.61. The highest BCUT2D eigenvalue weighted by molar-refractivity contribution is 5.67. The normalized spacial score (nSPS) is 26.3. The Labute approximate surface area is 97.3 Å². The molecular formula is C12H22N2O2. The second-order valence-electron chi connectivity index (χ2n) is 4.96. The van der Waals surface area contributed by atoms with Crippen LogP contribution in [0.4, 0.5) is 4.79 Å². The van der Waals surface area contributed by atoms with Crippen LogP contribution in [0.2, 0.25) is 0 Å². The highest BCUT2D eigenvalue weighted by Gasteiger charge is 2.25. The molecule has 0 aromatic heterocycles. The zero-order valence-electron chi connectivity index (χ0n) is 10.1. The second-order valence-corrected chi connectivity index (χ2v) is 4.96. The lowest BCUT2D eigenvalue weighted by atomic mass is 9.85. The van der Waals surface area contributed by atoms with Crippen molar-refractivity contribution in [2.24, 2.45) is 5.92 Å². The van der Waals surface area contributed by atoms with E-state index in [9.17, 15) is 4.79 Å². The average Bonchev–Trinajstić information content (AvgIpc) is 2.26. The molecule has 92 valence electrons. The molecule has 2 fully saturated rings. The van der Waals surface area contributed by atoms with Crippen LogP contribution in [0.3, 0.4) is 0 Å². The van der Waals surface area contributed by atoms with E-state index < -0.39 is 0 Å². The molecule has 1 unspecified atom stereocenters. The summed E-state index contributed by atoms with van der Waals surface area (Å²) in [6.45, 7) is 2.77. The van der Waals surface area contributed by atoms with Gasteiger partial charge < -0.3 is 15.0 Å². The van der Waals surface area contributed by atoms with Crippen molar-refractivity contribution in [1.82, 2.24) is 10.2 Å². The van der Waals surface area contributed by atoms with E-state index >= 15 is 0 Å². The fraction of sp³-hybridized carbons (Fsp3) is 0.917. The van der Waals surface area contributed by atoms with Crippen molar-refractivity contribution in [3.63, 3.8) is 0 Å². The molecule has 0 radical (unpaired) electrons. The van der Waals surface area contributed by atoms with E-state index in [1.165, 1.54) is 32.8 Å². The first-order valence-corrected chi connectivity index (χ1v) is 6.36. The first-order valence-electron chi connectivity index (χ1n) is 6.36. The van der Waals surface area contributed by atoms with Gasteiger partial charge in [-0.15, -0.1) is 0 Å². The lowest BCUT2D eigenvalue weighted by molar-refractivity contribution is 0.106. The fourth-order valence-electron chi connectivity index (χ4n) is 2.47. The standard InChI is InChI=1S/C12H22N2O2/c1-16-12(15)14-7-3-6-11(9-14)13-8-10-4-2-5-10/h10-11,13H,2-9H2,1H3. The van der Waals surface area contributed by atoms with Gasteiger partial charge in [0, 0.05) is 19.1 Å². The third-order valence-corrected chi connectivity index (χ3v) is 3.77. The van der Waals surface area contributed by atoms with Crippen molar-refractivity contribution < 1.29 is 9.53 Å². The summed E-state index contributed by atoms with van der Waals surface area (Å²) >= 11 is 0. The summed E-state index contributed by atoms with van der Waals surface area (Å²) in [6, 6.07) is 0.466. The molecule has 1 N–H and O–H groups in total. The van der Waals surface area contributed by atoms with E-state index in [-0.39, 0.29) is 6.09 Å². The van der Waals surface area contributed by atoms with Crippen molar-refractivity contribution in [3.05, 3.63) is 0 Å². The number of ether oxygens (including phenoxy) is 1. The lowest BCUT2D eigenvalue weighted by Crippen LogP contribution is -2.49. The van der Waals surface area contributed by atoms with Gasteiger partial charge in [0.2, 0.25) is 0 Å². The van der Waals surface area contributed by atoms with Crippen LogP contribution in [0.5, 0.6) is 0 Å². The Balaban J connectivity index is 1.70. The minimum Gasteiger partial charge on any atom is -0.453 e. The van der Waals surface area contributed by atoms with Crippen molar-refractivity contribution in [2.45, 2.75) is 38.1 Å². The van der Waals surface area contributed by atoms with Crippen molar-refractivity contribution in [2.75, 3.05) is 26.7 Å². The lowest BCUT2D eigenvalue weighted by Gasteiger charge is -2.34. The number of amides is 1. The van der Waals surface area contributed by atoms with Gasteiger partial charge in [0.25, 0.3) is 0 Å². The number of rotatable bonds is 3.